The minimum absolute atomic E-state index is 0.0468. The van der Waals surface area contributed by atoms with Crippen LogP contribution in [0.1, 0.15) is 56.0 Å². The zero-order chi connectivity index (χ0) is 28.0. The molecule has 2 N–H and O–H groups in total. The minimum atomic E-state index is -3.61. The number of halogens is 2. The second-order valence-corrected chi connectivity index (χ2v) is 13.2. The van der Waals surface area contributed by atoms with E-state index in [0.29, 0.717) is 57.3 Å². The van der Waals surface area contributed by atoms with E-state index < -0.39 is 38.9 Å². The number of aromatic amines is 1. The van der Waals surface area contributed by atoms with Crippen molar-refractivity contribution in [3.63, 3.8) is 0 Å². The lowest BCUT2D eigenvalue weighted by atomic mass is 9.93. The first-order valence-electron chi connectivity index (χ1n) is 13.8. The molecule has 2 atom stereocenters. The zero-order valence-electron chi connectivity index (χ0n) is 21.9. The van der Waals surface area contributed by atoms with Crippen LogP contribution in [0.25, 0.3) is 11.2 Å². The first-order chi connectivity index (χ1) is 19.2. The molecule has 3 fully saturated rings. The monoisotopic (exact) mass is 574 g/mol. The van der Waals surface area contributed by atoms with Crippen LogP contribution in [0.5, 0.6) is 0 Å². The molecule has 2 aromatic heterocycles. The number of pyridine rings is 1. The highest BCUT2D eigenvalue weighted by Gasteiger charge is 2.43. The van der Waals surface area contributed by atoms with Crippen molar-refractivity contribution in [3.8, 4) is 0 Å². The number of urea groups is 1. The predicted octanol–water partition coefficient (Wildman–Crippen LogP) is 3.09. The lowest BCUT2D eigenvalue weighted by molar-refractivity contribution is 0.167. The summed E-state index contributed by atoms with van der Waals surface area (Å²) in [5.41, 5.74) is 1.20. The number of hydrogen-bond donors (Lipinski definition) is 2. The van der Waals surface area contributed by atoms with Crippen LogP contribution in [0, 0.1) is 11.6 Å². The Balaban J connectivity index is 1.14. The summed E-state index contributed by atoms with van der Waals surface area (Å²) >= 11 is 0. The van der Waals surface area contributed by atoms with Gasteiger partial charge in [0.2, 0.25) is 10.0 Å². The summed E-state index contributed by atoms with van der Waals surface area (Å²) in [5, 5.41) is 2.55. The van der Waals surface area contributed by atoms with E-state index >= 15 is 0 Å². The van der Waals surface area contributed by atoms with Gasteiger partial charge in [0, 0.05) is 50.4 Å². The SMILES string of the molecule is O=C(N[C@@H]1CC[C@@H](c2cccc(F)c2F)CN(S(=O)(=O)C2CC2)C1)N1CCC(n2c(=O)[nH]c3ncccc32)CC1. The highest BCUT2D eigenvalue weighted by molar-refractivity contribution is 7.90. The Morgan fingerprint density at radius 3 is 2.52 bits per heavy atom. The Morgan fingerprint density at radius 2 is 1.77 bits per heavy atom. The van der Waals surface area contributed by atoms with Crippen molar-refractivity contribution in [1.82, 2.24) is 29.1 Å². The maximum atomic E-state index is 14.7. The standard InChI is InChI=1S/C27H32F2N6O4S/c28-22-4-1-3-21(24(22)29)17-6-7-18(16-34(15-17)40(38,39)20-8-9-20)31-26(36)33-13-10-19(11-14-33)35-23-5-2-12-30-25(23)32-27(35)37/h1-5,12,17-20H,6-11,13-16H2,(H,31,36)(H,30,32,37)/t17-,18-/m1/s1. The maximum absolute atomic E-state index is 14.7. The first kappa shape index (κ1) is 26.9. The van der Waals surface area contributed by atoms with Crippen LogP contribution in [-0.2, 0) is 10.0 Å². The first-order valence-corrected chi connectivity index (χ1v) is 15.3. The third-order valence-corrected chi connectivity index (χ3v) is 10.7. The van der Waals surface area contributed by atoms with E-state index in [1.165, 1.54) is 16.4 Å². The van der Waals surface area contributed by atoms with Crippen molar-refractivity contribution < 1.29 is 22.0 Å². The number of rotatable bonds is 5. The number of nitrogens with zero attached hydrogens (tertiary/aromatic N) is 4. The predicted molar refractivity (Wildman–Crippen MR) is 144 cm³/mol. The molecule has 2 aliphatic heterocycles. The molecule has 0 unspecified atom stereocenters. The summed E-state index contributed by atoms with van der Waals surface area (Å²) in [7, 11) is -3.61. The van der Waals surface area contributed by atoms with Crippen molar-refractivity contribution in [1.29, 1.82) is 0 Å². The average Bonchev–Trinajstić information content (AvgIpc) is 3.77. The zero-order valence-corrected chi connectivity index (χ0v) is 22.7. The number of piperidine rings is 1. The third kappa shape index (κ3) is 5.12. The van der Waals surface area contributed by atoms with E-state index in [2.05, 4.69) is 15.3 Å². The molecule has 0 radical (unpaired) electrons. The molecule has 40 heavy (non-hydrogen) atoms. The van der Waals surface area contributed by atoms with E-state index in [-0.39, 0.29) is 36.4 Å². The Kier molecular flexibility index (Phi) is 7.11. The van der Waals surface area contributed by atoms with Gasteiger partial charge in [-0.25, -0.2) is 31.8 Å². The summed E-state index contributed by atoms with van der Waals surface area (Å²) in [4.78, 5) is 34.5. The molecule has 2 amide bonds. The molecule has 1 aliphatic carbocycles. The molecular formula is C27H32F2N6O4S. The van der Waals surface area contributed by atoms with Crippen molar-refractivity contribution in [2.75, 3.05) is 26.2 Å². The molecule has 3 aliphatic rings. The van der Waals surface area contributed by atoms with Gasteiger partial charge in [-0.3, -0.25) is 9.55 Å². The third-order valence-electron chi connectivity index (χ3n) is 8.37. The number of sulfonamides is 1. The largest absolute Gasteiger partial charge is 0.334 e. The van der Waals surface area contributed by atoms with Crippen LogP contribution in [0.3, 0.4) is 0 Å². The molecule has 0 bridgehead atoms. The van der Waals surface area contributed by atoms with Gasteiger partial charge >= 0.3 is 11.7 Å². The molecule has 214 valence electrons. The fourth-order valence-corrected chi connectivity index (χ4v) is 7.99. The Labute approximate surface area is 230 Å². The van der Waals surface area contributed by atoms with Crippen LogP contribution < -0.4 is 11.0 Å². The number of imidazole rings is 1. The summed E-state index contributed by atoms with van der Waals surface area (Å²) < 4.78 is 58.2. The number of amides is 2. The highest BCUT2D eigenvalue weighted by Crippen LogP contribution is 2.36. The second kappa shape index (κ2) is 10.6. The summed E-state index contributed by atoms with van der Waals surface area (Å²) in [6.07, 6.45) is 4.79. The van der Waals surface area contributed by atoms with Gasteiger partial charge in [-0.15, -0.1) is 0 Å². The molecule has 13 heteroatoms. The number of carbonyl (C=O) groups is 1. The highest BCUT2D eigenvalue weighted by atomic mass is 32.2. The van der Waals surface area contributed by atoms with Crippen LogP contribution >= 0.6 is 0 Å². The van der Waals surface area contributed by atoms with Crippen molar-refractivity contribution in [2.24, 2.45) is 0 Å². The minimum Gasteiger partial charge on any atom is -0.334 e. The number of nitrogens with one attached hydrogen (secondary N) is 2. The normalized spacial score (nSPS) is 23.3. The van der Waals surface area contributed by atoms with Crippen LogP contribution in [0.4, 0.5) is 13.6 Å². The number of fused-ring (bicyclic) bond motifs is 1. The van der Waals surface area contributed by atoms with Crippen molar-refractivity contribution >= 4 is 27.2 Å². The second-order valence-electron chi connectivity index (χ2n) is 11.0. The topological polar surface area (TPSA) is 120 Å². The van der Waals surface area contributed by atoms with Crippen LogP contribution in [0.2, 0.25) is 0 Å². The number of carbonyl (C=O) groups excluding carboxylic acids is 1. The van der Waals surface area contributed by atoms with Crippen molar-refractivity contribution in [3.05, 3.63) is 64.2 Å². The molecule has 0 spiro atoms. The fourth-order valence-electron chi connectivity index (χ4n) is 6.06. The molecule has 1 saturated carbocycles. The fraction of sp³-hybridized carbons (Fsp3) is 0.519. The molecule has 2 saturated heterocycles. The van der Waals surface area contributed by atoms with Gasteiger partial charge in [0.15, 0.2) is 17.3 Å². The van der Waals surface area contributed by atoms with E-state index in [0.717, 1.165) is 11.6 Å². The van der Waals surface area contributed by atoms with E-state index in [1.807, 2.05) is 6.07 Å². The smallest absolute Gasteiger partial charge is 0.327 e. The average molecular weight is 575 g/mol. The van der Waals surface area contributed by atoms with E-state index in [9.17, 15) is 26.8 Å². The molecule has 6 rings (SSSR count). The van der Waals surface area contributed by atoms with Gasteiger partial charge in [-0.1, -0.05) is 12.1 Å². The molecule has 10 nitrogen and oxygen atoms in total. The molecular weight excluding hydrogens is 542 g/mol. The maximum Gasteiger partial charge on any atom is 0.327 e. The summed E-state index contributed by atoms with van der Waals surface area (Å²) in [6, 6.07) is 6.76. The van der Waals surface area contributed by atoms with Gasteiger partial charge < -0.3 is 10.2 Å². The number of aromatic nitrogens is 3. The van der Waals surface area contributed by atoms with Gasteiger partial charge in [-0.05, 0) is 62.3 Å². The molecule has 4 heterocycles. The van der Waals surface area contributed by atoms with E-state index in [4.69, 9.17) is 0 Å². The van der Waals surface area contributed by atoms with Crippen LogP contribution in [-0.4, -0.2) is 75.7 Å². The summed E-state index contributed by atoms with van der Waals surface area (Å²) in [6.45, 7) is 1.00. The van der Waals surface area contributed by atoms with E-state index in [1.54, 1.807) is 21.7 Å². The van der Waals surface area contributed by atoms with Gasteiger partial charge in [-0.2, -0.15) is 4.31 Å². The number of hydrogen-bond acceptors (Lipinski definition) is 5. The quantitative estimate of drug-likeness (QED) is 0.485. The Morgan fingerprint density at radius 1 is 1.00 bits per heavy atom. The van der Waals surface area contributed by atoms with Gasteiger partial charge in [0.25, 0.3) is 0 Å². The molecule has 3 aromatic rings. The summed E-state index contributed by atoms with van der Waals surface area (Å²) in [5.74, 6) is -2.43. The lowest BCUT2D eigenvalue weighted by Crippen LogP contribution is -2.51. The number of H-pyrrole nitrogens is 1. The lowest BCUT2D eigenvalue weighted by Gasteiger charge is -2.34. The van der Waals surface area contributed by atoms with Gasteiger partial charge in [0.1, 0.15) is 0 Å². The van der Waals surface area contributed by atoms with Crippen LogP contribution in [0.15, 0.2) is 41.3 Å². The Bertz CT molecular complexity index is 1580. The molecule has 1 aromatic carbocycles. The Hall–Kier alpha value is -3.32. The van der Waals surface area contributed by atoms with Crippen molar-refractivity contribution in [2.45, 2.75) is 61.8 Å². The van der Waals surface area contributed by atoms with Gasteiger partial charge in [0.05, 0.1) is 10.8 Å². The number of likely N-dealkylation sites (tertiary alicyclic amines) is 1. The number of benzene rings is 1.